The van der Waals surface area contributed by atoms with Crippen LogP contribution >= 0.6 is 0 Å². The van der Waals surface area contributed by atoms with Crippen molar-refractivity contribution in [1.29, 1.82) is 0 Å². The Morgan fingerprint density at radius 1 is 1.27 bits per heavy atom. The molecule has 2 heterocycles. The molecular formula is C17H18N4O4S. The zero-order chi connectivity index (χ0) is 18.9. The Morgan fingerprint density at radius 3 is 2.58 bits per heavy atom. The van der Waals surface area contributed by atoms with Crippen LogP contribution in [0, 0.1) is 6.92 Å². The van der Waals surface area contributed by atoms with Gasteiger partial charge in [-0.25, -0.2) is 18.5 Å². The van der Waals surface area contributed by atoms with Crippen LogP contribution in [-0.4, -0.2) is 30.8 Å². The van der Waals surface area contributed by atoms with Crippen molar-refractivity contribution in [3.8, 4) is 5.75 Å². The van der Waals surface area contributed by atoms with Crippen LogP contribution in [0.2, 0.25) is 0 Å². The van der Waals surface area contributed by atoms with Gasteiger partial charge in [0.25, 0.3) is 5.91 Å². The molecule has 3 aromatic rings. The van der Waals surface area contributed by atoms with Crippen molar-refractivity contribution in [2.75, 3.05) is 7.11 Å². The molecule has 0 aliphatic rings. The molecular weight excluding hydrogens is 356 g/mol. The highest BCUT2D eigenvalue weighted by Gasteiger charge is 2.18. The maximum absolute atomic E-state index is 12.6. The lowest BCUT2D eigenvalue weighted by molar-refractivity contribution is 0.0944. The summed E-state index contributed by atoms with van der Waals surface area (Å²) in [6.07, 6.45) is 1.74. The third-order valence-electron chi connectivity index (χ3n) is 3.93. The number of hydrogen-bond acceptors (Lipinski definition) is 5. The third kappa shape index (κ3) is 3.39. The molecule has 1 aromatic carbocycles. The number of nitrogens with zero attached hydrogens (tertiary/aromatic N) is 2. The number of aryl methyl sites for hydroxylation is 1. The topological polar surface area (TPSA) is 116 Å². The molecule has 136 valence electrons. The minimum Gasteiger partial charge on any atom is -0.493 e. The van der Waals surface area contributed by atoms with E-state index in [1.807, 2.05) is 0 Å². The molecule has 3 N–H and O–H groups in total. The van der Waals surface area contributed by atoms with Crippen molar-refractivity contribution >= 4 is 21.6 Å². The number of benzene rings is 1. The highest BCUT2D eigenvalue weighted by atomic mass is 32.2. The van der Waals surface area contributed by atoms with Crippen LogP contribution in [-0.2, 0) is 16.6 Å². The molecule has 0 unspecified atom stereocenters. The van der Waals surface area contributed by atoms with Crippen molar-refractivity contribution in [1.82, 2.24) is 14.7 Å². The molecule has 26 heavy (non-hydrogen) atoms. The zero-order valence-corrected chi connectivity index (χ0v) is 15.1. The van der Waals surface area contributed by atoms with Gasteiger partial charge in [-0.1, -0.05) is 12.1 Å². The normalized spacial score (nSPS) is 11.5. The molecule has 0 spiro atoms. The van der Waals surface area contributed by atoms with Crippen LogP contribution in [0.15, 0.2) is 47.5 Å². The maximum atomic E-state index is 12.6. The van der Waals surface area contributed by atoms with Gasteiger partial charge in [-0.05, 0) is 36.8 Å². The smallest absolute Gasteiger partial charge is 0.270 e. The minimum absolute atomic E-state index is 0.0253. The SMILES string of the molecule is COc1cccn2c(C(=O)NCc3ccc(S(N)(=O)=O)cc3)c(C)nc12. The number of nitrogens with two attached hydrogens (primary N) is 1. The average Bonchev–Trinajstić information content (AvgIpc) is 2.95. The fourth-order valence-electron chi connectivity index (χ4n) is 2.65. The standard InChI is InChI=1S/C17H18N4O4S/c1-11-15(21-9-3-4-14(25-2)16(21)20-11)17(22)19-10-12-5-7-13(8-6-12)26(18,23)24/h3-9H,10H2,1-2H3,(H,19,22)(H2,18,23,24). The lowest BCUT2D eigenvalue weighted by Gasteiger charge is -2.07. The number of fused-ring (bicyclic) bond motifs is 1. The van der Waals surface area contributed by atoms with Crippen LogP contribution in [0.5, 0.6) is 5.75 Å². The molecule has 0 aliphatic carbocycles. The fraction of sp³-hybridized carbons (Fsp3) is 0.176. The van der Waals surface area contributed by atoms with E-state index in [1.165, 1.54) is 12.1 Å². The number of nitrogens with one attached hydrogen (secondary N) is 1. The van der Waals surface area contributed by atoms with Crippen LogP contribution in [0.4, 0.5) is 0 Å². The first-order chi connectivity index (χ1) is 12.3. The van der Waals surface area contributed by atoms with Crippen molar-refractivity contribution in [3.63, 3.8) is 0 Å². The lowest BCUT2D eigenvalue weighted by atomic mass is 10.2. The van der Waals surface area contributed by atoms with Gasteiger partial charge in [0.15, 0.2) is 11.4 Å². The van der Waals surface area contributed by atoms with E-state index >= 15 is 0 Å². The van der Waals surface area contributed by atoms with E-state index in [0.29, 0.717) is 22.8 Å². The molecule has 0 bridgehead atoms. The summed E-state index contributed by atoms with van der Waals surface area (Å²) < 4.78 is 29.5. The van der Waals surface area contributed by atoms with Crippen molar-refractivity contribution in [2.24, 2.45) is 5.14 Å². The molecule has 0 saturated carbocycles. The summed E-state index contributed by atoms with van der Waals surface area (Å²) in [6.45, 7) is 1.99. The van der Waals surface area contributed by atoms with Gasteiger partial charge in [0.2, 0.25) is 10.0 Å². The fourth-order valence-corrected chi connectivity index (χ4v) is 3.17. The quantitative estimate of drug-likeness (QED) is 0.697. The van der Waals surface area contributed by atoms with Crippen LogP contribution < -0.4 is 15.2 Å². The number of imidazole rings is 1. The maximum Gasteiger partial charge on any atom is 0.270 e. The number of carbonyl (C=O) groups is 1. The summed E-state index contributed by atoms with van der Waals surface area (Å²) in [7, 11) is -2.19. The Morgan fingerprint density at radius 2 is 1.96 bits per heavy atom. The van der Waals surface area contributed by atoms with Crippen LogP contribution in [0.3, 0.4) is 0 Å². The second kappa shape index (κ2) is 6.77. The molecule has 0 saturated heterocycles. The second-order valence-corrected chi connectivity index (χ2v) is 7.25. The van der Waals surface area contributed by atoms with E-state index in [4.69, 9.17) is 9.88 Å². The number of sulfonamides is 1. The summed E-state index contributed by atoms with van der Waals surface area (Å²) in [5.41, 5.74) is 2.31. The number of rotatable bonds is 5. The van der Waals surface area contributed by atoms with Gasteiger partial charge in [0, 0.05) is 12.7 Å². The molecule has 1 amide bonds. The molecule has 9 heteroatoms. The number of pyridine rings is 1. The van der Waals surface area contributed by atoms with Crippen molar-refractivity contribution in [3.05, 3.63) is 59.5 Å². The Hall–Kier alpha value is -2.91. The lowest BCUT2D eigenvalue weighted by Crippen LogP contribution is -2.25. The Bertz CT molecular complexity index is 1070. The van der Waals surface area contributed by atoms with E-state index in [0.717, 1.165) is 5.56 Å². The van der Waals surface area contributed by atoms with E-state index in [9.17, 15) is 13.2 Å². The summed E-state index contributed by atoms with van der Waals surface area (Å²) in [6, 6.07) is 9.56. The highest BCUT2D eigenvalue weighted by Crippen LogP contribution is 2.21. The first-order valence-electron chi connectivity index (χ1n) is 7.73. The van der Waals surface area contributed by atoms with Gasteiger partial charge >= 0.3 is 0 Å². The summed E-state index contributed by atoms with van der Waals surface area (Å²) in [5.74, 6) is 0.284. The Balaban J connectivity index is 1.81. The van der Waals surface area contributed by atoms with Gasteiger partial charge in [0.1, 0.15) is 5.69 Å². The first kappa shape index (κ1) is 17.9. The van der Waals surface area contributed by atoms with E-state index in [1.54, 1.807) is 48.9 Å². The van der Waals surface area contributed by atoms with Gasteiger partial charge in [0.05, 0.1) is 17.7 Å². The van der Waals surface area contributed by atoms with E-state index < -0.39 is 10.0 Å². The van der Waals surface area contributed by atoms with Crippen LogP contribution in [0.25, 0.3) is 5.65 Å². The van der Waals surface area contributed by atoms with Gasteiger partial charge < -0.3 is 10.1 Å². The number of carbonyl (C=O) groups excluding carboxylic acids is 1. The van der Waals surface area contributed by atoms with Gasteiger partial charge in [-0.2, -0.15) is 0 Å². The molecule has 0 atom stereocenters. The molecule has 0 aliphatic heterocycles. The Labute approximate surface area is 150 Å². The number of methoxy groups -OCH3 is 1. The molecule has 8 nitrogen and oxygen atoms in total. The van der Waals surface area contributed by atoms with Gasteiger partial charge in [-0.3, -0.25) is 9.20 Å². The summed E-state index contributed by atoms with van der Waals surface area (Å²) >= 11 is 0. The largest absolute Gasteiger partial charge is 0.493 e. The molecule has 0 fully saturated rings. The predicted octanol–water partition coefficient (Wildman–Crippen LogP) is 1.23. The summed E-state index contributed by atoms with van der Waals surface area (Å²) in [4.78, 5) is 17.0. The number of primary sulfonamides is 1. The minimum atomic E-state index is -3.73. The predicted molar refractivity (Wildman–Crippen MR) is 95.5 cm³/mol. The second-order valence-electron chi connectivity index (χ2n) is 5.69. The Kier molecular flexibility index (Phi) is 4.66. The number of hydrogen-bond donors (Lipinski definition) is 2. The van der Waals surface area contributed by atoms with Crippen molar-refractivity contribution in [2.45, 2.75) is 18.4 Å². The molecule has 0 radical (unpaired) electrons. The van der Waals surface area contributed by atoms with Crippen molar-refractivity contribution < 1.29 is 17.9 Å². The van der Waals surface area contributed by atoms with E-state index in [-0.39, 0.29) is 17.3 Å². The van der Waals surface area contributed by atoms with Crippen LogP contribution in [0.1, 0.15) is 21.7 Å². The monoisotopic (exact) mass is 374 g/mol. The zero-order valence-electron chi connectivity index (χ0n) is 14.3. The number of amides is 1. The average molecular weight is 374 g/mol. The van der Waals surface area contributed by atoms with Gasteiger partial charge in [-0.15, -0.1) is 0 Å². The third-order valence-corrected chi connectivity index (χ3v) is 4.86. The number of aromatic nitrogens is 2. The first-order valence-corrected chi connectivity index (χ1v) is 9.27. The highest BCUT2D eigenvalue weighted by molar-refractivity contribution is 7.89. The molecule has 2 aromatic heterocycles. The molecule has 3 rings (SSSR count). The number of ether oxygens (including phenoxy) is 1. The van der Waals surface area contributed by atoms with E-state index in [2.05, 4.69) is 10.3 Å². The summed E-state index contributed by atoms with van der Waals surface area (Å²) in [5, 5.41) is 7.88.